The first-order valence-electron chi connectivity index (χ1n) is 9.55. The molecule has 0 aromatic heterocycles. The van der Waals surface area contributed by atoms with Crippen molar-refractivity contribution < 1.29 is 46.2 Å². The third-order valence-corrected chi connectivity index (χ3v) is 5.57. The molecule has 1 aliphatic carbocycles. The number of hydrogen-bond acceptors (Lipinski definition) is 4. The Balaban J connectivity index is 0.00000363. The second-order valence-corrected chi connectivity index (χ2v) is 7.79. The van der Waals surface area contributed by atoms with Gasteiger partial charge in [0.05, 0.1) is 17.5 Å². The molecule has 3 rings (SSSR count). The molecule has 0 unspecified atom stereocenters. The van der Waals surface area contributed by atoms with Crippen molar-refractivity contribution in [2.24, 2.45) is 5.10 Å². The Labute approximate surface area is 222 Å². The predicted molar refractivity (Wildman–Crippen MR) is 122 cm³/mol. The number of hydrogen-bond donors (Lipinski definition) is 1. The molecule has 0 atom stereocenters. The van der Waals surface area contributed by atoms with Gasteiger partial charge in [-0.25, -0.2) is 6.54 Å². The van der Waals surface area contributed by atoms with Crippen molar-refractivity contribution in [3.05, 3.63) is 94.0 Å². The van der Waals surface area contributed by atoms with Crippen molar-refractivity contribution in [1.82, 2.24) is 10.3 Å². The first-order valence-corrected chi connectivity index (χ1v) is 10.3. The summed E-state index contributed by atoms with van der Waals surface area (Å²) < 4.78 is 30.2. The molecule has 1 aliphatic heterocycles. The van der Waals surface area contributed by atoms with E-state index in [2.05, 4.69) is 28.3 Å². The number of rotatable bonds is 8. The molecule has 1 aromatic carbocycles. The zero-order chi connectivity index (χ0) is 22.5. The molecule has 0 bridgehead atoms. The third-order valence-electron chi connectivity index (χ3n) is 4.85. The van der Waals surface area contributed by atoms with Crippen LogP contribution >= 0.6 is 23.2 Å². The number of ether oxygens (including phenoxy) is 1. The minimum atomic E-state index is -2.95. The maximum atomic E-state index is 12.8. The number of benzene rings is 1. The summed E-state index contributed by atoms with van der Waals surface area (Å²) in [5, 5.41) is 9.94. The Bertz CT molecular complexity index is 1000. The summed E-state index contributed by atoms with van der Waals surface area (Å²) in [5.41, 5.74) is 4.03. The molecule has 2 aliphatic rings. The van der Waals surface area contributed by atoms with E-state index in [1.165, 1.54) is 11.2 Å². The van der Waals surface area contributed by atoms with Gasteiger partial charge < -0.3 is 10.1 Å². The van der Waals surface area contributed by atoms with E-state index >= 15 is 0 Å². The molecule has 1 N–H and O–H groups in total. The summed E-state index contributed by atoms with van der Waals surface area (Å²) in [6.45, 7) is 6.86. The van der Waals surface area contributed by atoms with Gasteiger partial charge in [-0.3, -0.25) is 5.01 Å². The van der Waals surface area contributed by atoms with Gasteiger partial charge in [-0.2, -0.15) is 13.9 Å². The molecule has 0 amide bonds. The van der Waals surface area contributed by atoms with Crippen LogP contribution < -0.4 is 5.32 Å². The summed E-state index contributed by atoms with van der Waals surface area (Å²) in [6.07, 6.45) is 5.36. The summed E-state index contributed by atoms with van der Waals surface area (Å²) in [6, 6.07) is 7.48. The third kappa shape index (κ3) is 6.54. The van der Waals surface area contributed by atoms with Crippen LogP contribution in [0.15, 0.2) is 81.4 Å². The van der Waals surface area contributed by atoms with Gasteiger partial charge in [0.15, 0.2) is 5.76 Å². The topological polar surface area (TPSA) is 36.9 Å². The fourth-order valence-electron chi connectivity index (χ4n) is 3.23. The van der Waals surface area contributed by atoms with Crippen LogP contribution in [0.2, 0.25) is 0 Å². The van der Waals surface area contributed by atoms with Crippen LogP contribution in [-0.2, 0) is 43.9 Å². The van der Waals surface area contributed by atoms with Crippen LogP contribution in [-0.4, -0.2) is 24.9 Å². The number of nitrogens with zero attached hydrogens (tertiary/aromatic N) is 2. The number of alkyl halides is 2. The minimum absolute atomic E-state index is 0. The molecule has 32 heavy (non-hydrogen) atoms. The number of allylic oxidation sites excluding steroid dienone is 5. The van der Waals surface area contributed by atoms with Gasteiger partial charge in [0.2, 0.25) is 0 Å². The summed E-state index contributed by atoms with van der Waals surface area (Å²) >= 11 is 12.5. The zero-order valence-electron chi connectivity index (χ0n) is 17.5. The van der Waals surface area contributed by atoms with Gasteiger partial charge in [-0.1, -0.05) is 72.3 Å². The molecular formula is C23H22Cl2F2N3OY-. The maximum absolute atomic E-state index is 12.8. The molecule has 167 valence electrons. The van der Waals surface area contributed by atoms with Crippen molar-refractivity contribution in [2.75, 3.05) is 7.05 Å². The molecule has 1 aromatic rings. The van der Waals surface area contributed by atoms with Crippen molar-refractivity contribution in [1.29, 1.82) is 0 Å². The van der Waals surface area contributed by atoms with Crippen molar-refractivity contribution >= 4 is 35.0 Å². The fraction of sp³-hybridized carbons (Fsp3) is 0.217. The first kappa shape index (κ1) is 26.8. The average molecular weight is 554 g/mol. The summed E-state index contributed by atoms with van der Waals surface area (Å²) in [4.78, 5) is 0. The van der Waals surface area contributed by atoms with Crippen LogP contribution in [0, 0.1) is 6.54 Å². The molecule has 0 spiro atoms. The number of nitrogens with one attached hydrogen (secondary N) is 1. The molecule has 1 heterocycles. The van der Waals surface area contributed by atoms with Gasteiger partial charge in [-0.05, 0) is 18.4 Å². The van der Waals surface area contributed by atoms with Crippen molar-refractivity contribution in [3.8, 4) is 0 Å². The van der Waals surface area contributed by atoms with Crippen LogP contribution in [0.3, 0.4) is 0 Å². The van der Waals surface area contributed by atoms with Crippen molar-refractivity contribution in [2.45, 2.75) is 25.9 Å². The van der Waals surface area contributed by atoms with Gasteiger partial charge in [0.25, 0.3) is 0 Å². The Hall–Kier alpha value is -1.47. The summed E-state index contributed by atoms with van der Waals surface area (Å²) in [7, 11) is 1.69. The largest absolute Gasteiger partial charge is 0.535 e. The molecule has 0 fully saturated rings. The van der Waals surface area contributed by atoms with E-state index in [1.54, 1.807) is 7.05 Å². The molecule has 0 saturated heterocycles. The fourth-order valence-corrected chi connectivity index (χ4v) is 3.94. The van der Waals surface area contributed by atoms with Gasteiger partial charge in [0.1, 0.15) is 0 Å². The minimum Gasteiger partial charge on any atom is -0.535 e. The van der Waals surface area contributed by atoms with Gasteiger partial charge in [0, 0.05) is 61.1 Å². The zero-order valence-corrected chi connectivity index (χ0v) is 21.9. The molecule has 9 heteroatoms. The maximum Gasteiger partial charge on any atom is 0.387 e. The SMILES string of the molecule is C=C(N[CH-]Cc1ccc(C2=C(OC(F)F)C=NN(C)C2=C)cc1)C1=C(Cl)CCC=C1Cl.[Y]. The monoisotopic (exact) mass is 553 g/mol. The molecular weight excluding hydrogens is 532 g/mol. The van der Waals surface area contributed by atoms with E-state index in [0.29, 0.717) is 39.0 Å². The molecule has 1 radical (unpaired) electrons. The van der Waals surface area contributed by atoms with Crippen LogP contribution in [0.1, 0.15) is 24.0 Å². The molecule has 0 saturated carbocycles. The quantitative estimate of drug-likeness (QED) is 0.384. The van der Waals surface area contributed by atoms with Crippen molar-refractivity contribution in [3.63, 3.8) is 0 Å². The Morgan fingerprint density at radius 2 is 2.00 bits per heavy atom. The van der Waals surface area contributed by atoms with E-state index < -0.39 is 6.61 Å². The normalized spacial score (nSPS) is 16.2. The second kappa shape index (κ2) is 12.1. The standard InChI is InChI=1S/C23H22Cl2F2N3O.Y/c1-14(21-18(24)5-4-6-19(21)25)28-12-11-16-7-9-17(10-8-16)22-15(2)30(3)29-13-20(22)31-23(26)27;/h5,7-10,12-13,23,28H,1-2,4,6,11H2,3H3;/q-1;. The Kier molecular flexibility index (Phi) is 10.1. The predicted octanol–water partition coefficient (Wildman–Crippen LogP) is 6.30. The van der Waals surface area contributed by atoms with Crippen LogP contribution in [0.5, 0.6) is 0 Å². The van der Waals surface area contributed by atoms with Gasteiger partial charge >= 0.3 is 6.61 Å². The van der Waals surface area contributed by atoms with E-state index in [4.69, 9.17) is 23.2 Å². The van der Waals surface area contributed by atoms with E-state index in [0.717, 1.165) is 24.0 Å². The number of likely N-dealkylation sites (N-methyl/N-ethyl adjacent to an activating group) is 1. The van der Waals surface area contributed by atoms with Gasteiger partial charge in [-0.15, -0.1) is 6.42 Å². The Morgan fingerprint density at radius 1 is 1.31 bits per heavy atom. The number of halogens is 4. The Morgan fingerprint density at radius 3 is 2.62 bits per heavy atom. The summed E-state index contributed by atoms with van der Waals surface area (Å²) in [5.74, 6) is -0.0158. The first-order chi connectivity index (χ1) is 14.8. The second-order valence-electron chi connectivity index (χ2n) is 6.93. The van der Waals surface area contributed by atoms with E-state index in [9.17, 15) is 8.78 Å². The van der Waals surface area contributed by atoms with Crippen LogP contribution in [0.25, 0.3) is 5.57 Å². The van der Waals surface area contributed by atoms with E-state index in [-0.39, 0.29) is 38.5 Å². The average Bonchev–Trinajstić information content (AvgIpc) is 2.71. The number of hydrazone groups is 1. The smallest absolute Gasteiger partial charge is 0.387 e. The van der Waals surface area contributed by atoms with E-state index in [1.807, 2.05) is 36.9 Å². The molecule has 4 nitrogen and oxygen atoms in total. The van der Waals surface area contributed by atoms with Crippen LogP contribution in [0.4, 0.5) is 8.78 Å².